The third-order valence-corrected chi connectivity index (χ3v) is 6.72. The summed E-state index contributed by atoms with van der Waals surface area (Å²) >= 11 is 16.0. The summed E-state index contributed by atoms with van der Waals surface area (Å²) < 4.78 is 17.6. The van der Waals surface area contributed by atoms with Crippen molar-refractivity contribution in [3.8, 4) is 11.5 Å². The Morgan fingerprint density at radius 1 is 1.28 bits per heavy atom. The summed E-state index contributed by atoms with van der Waals surface area (Å²) in [6.45, 7) is 2.29. The Kier molecular flexibility index (Phi) is 6.25. The first-order chi connectivity index (χ1) is 14.0. The van der Waals surface area contributed by atoms with Gasteiger partial charge in [0.05, 0.1) is 17.5 Å². The van der Waals surface area contributed by atoms with E-state index in [2.05, 4.69) is 20.8 Å². The maximum absolute atomic E-state index is 11.6. The molecular weight excluding hydrogens is 481 g/mol. The Bertz CT molecular complexity index is 913. The number of carbonyl (C=O) groups excluding carboxylic acids is 1. The van der Waals surface area contributed by atoms with E-state index in [0.29, 0.717) is 22.4 Å². The van der Waals surface area contributed by atoms with E-state index in [9.17, 15) is 4.79 Å². The molecule has 2 aliphatic heterocycles. The lowest BCUT2D eigenvalue weighted by molar-refractivity contribution is -0.153. The SMILES string of the molecule is COC(=O)C1CN(C2COc3cc(OCc4c(Cl)cccc4Cl)c(Br)cc3C2)C1. The summed E-state index contributed by atoms with van der Waals surface area (Å²) in [4.78, 5) is 13.9. The zero-order valence-electron chi connectivity index (χ0n) is 15.8. The van der Waals surface area contributed by atoms with Crippen LogP contribution in [0, 0.1) is 5.92 Å². The number of hydrogen-bond donors (Lipinski definition) is 0. The zero-order chi connectivity index (χ0) is 20.5. The molecule has 2 aromatic rings. The summed E-state index contributed by atoms with van der Waals surface area (Å²) in [6, 6.07) is 9.56. The summed E-state index contributed by atoms with van der Waals surface area (Å²) in [6.07, 6.45) is 0.860. The van der Waals surface area contributed by atoms with Crippen molar-refractivity contribution < 1.29 is 19.0 Å². The van der Waals surface area contributed by atoms with Gasteiger partial charge in [-0.1, -0.05) is 29.3 Å². The van der Waals surface area contributed by atoms with E-state index in [-0.39, 0.29) is 24.5 Å². The molecule has 0 bridgehead atoms. The van der Waals surface area contributed by atoms with Crippen LogP contribution in [-0.2, 0) is 22.6 Å². The molecule has 2 aliphatic rings. The number of likely N-dealkylation sites (tertiary alicyclic amines) is 1. The molecule has 1 fully saturated rings. The second-order valence-electron chi connectivity index (χ2n) is 7.22. The molecule has 8 heteroatoms. The largest absolute Gasteiger partial charge is 0.492 e. The molecule has 0 amide bonds. The van der Waals surface area contributed by atoms with Crippen molar-refractivity contribution in [2.45, 2.75) is 19.1 Å². The van der Waals surface area contributed by atoms with Crippen molar-refractivity contribution in [3.63, 3.8) is 0 Å². The number of halogens is 3. The Balaban J connectivity index is 1.41. The van der Waals surface area contributed by atoms with Crippen LogP contribution in [0.15, 0.2) is 34.8 Å². The minimum atomic E-state index is -0.137. The first-order valence-electron chi connectivity index (χ1n) is 9.29. The molecule has 0 aromatic heterocycles. The maximum Gasteiger partial charge on any atom is 0.311 e. The van der Waals surface area contributed by atoms with Crippen molar-refractivity contribution in [2.75, 3.05) is 26.8 Å². The number of hydrogen-bond acceptors (Lipinski definition) is 5. The van der Waals surface area contributed by atoms with Crippen LogP contribution in [-0.4, -0.2) is 43.7 Å². The van der Waals surface area contributed by atoms with Gasteiger partial charge in [0.2, 0.25) is 0 Å². The molecule has 0 N–H and O–H groups in total. The maximum atomic E-state index is 11.6. The molecule has 1 unspecified atom stereocenters. The average molecular weight is 501 g/mol. The predicted molar refractivity (Wildman–Crippen MR) is 115 cm³/mol. The molecule has 5 nitrogen and oxygen atoms in total. The highest BCUT2D eigenvalue weighted by Gasteiger charge is 2.39. The Morgan fingerprint density at radius 2 is 2.00 bits per heavy atom. The van der Waals surface area contributed by atoms with E-state index in [1.165, 1.54) is 7.11 Å². The van der Waals surface area contributed by atoms with Crippen molar-refractivity contribution in [1.82, 2.24) is 4.90 Å². The van der Waals surface area contributed by atoms with Gasteiger partial charge in [0.25, 0.3) is 0 Å². The standard InChI is InChI=1S/C21H20BrCl2NO4/c1-27-21(26)13-8-25(9-13)14-5-12-6-16(22)20(7-19(12)28-10-14)29-11-15-17(23)3-2-4-18(15)24/h2-4,6-7,13-14H,5,8-11H2,1H3. The highest BCUT2D eigenvalue weighted by atomic mass is 79.9. The number of esters is 1. The summed E-state index contributed by atoms with van der Waals surface area (Å²) in [5.41, 5.74) is 1.86. The molecule has 0 aliphatic carbocycles. The van der Waals surface area contributed by atoms with Gasteiger partial charge >= 0.3 is 5.97 Å². The lowest BCUT2D eigenvalue weighted by atomic mass is 9.93. The number of rotatable bonds is 5. The molecule has 0 radical (unpaired) electrons. The van der Waals surface area contributed by atoms with E-state index < -0.39 is 0 Å². The van der Waals surface area contributed by atoms with Crippen molar-refractivity contribution in [2.24, 2.45) is 5.92 Å². The predicted octanol–water partition coefficient (Wildman–Crippen LogP) is 4.74. The quantitative estimate of drug-likeness (QED) is 0.555. The molecule has 1 atom stereocenters. The van der Waals surface area contributed by atoms with E-state index in [1.54, 1.807) is 18.2 Å². The number of methoxy groups -OCH3 is 1. The van der Waals surface area contributed by atoms with Gasteiger partial charge in [-0.25, -0.2) is 0 Å². The molecule has 29 heavy (non-hydrogen) atoms. The van der Waals surface area contributed by atoms with Gasteiger partial charge in [-0.05, 0) is 46.1 Å². The smallest absolute Gasteiger partial charge is 0.311 e. The number of benzene rings is 2. The highest BCUT2D eigenvalue weighted by Crippen LogP contribution is 2.38. The lowest BCUT2D eigenvalue weighted by Gasteiger charge is -2.44. The first-order valence-corrected chi connectivity index (χ1v) is 10.8. The van der Waals surface area contributed by atoms with Crippen LogP contribution in [0.25, 0.3) is 0 Å². The van der Waals surface area contributed by atoms with Gasteiger partial charge in [-0.3, -0.25) is 9.69 Å². The fourth-order valence-electron chi connectivity index (χ4n) is 3.66. The van der Waals surface area contributed by atoms with Crippen molar-refractivity contribution in [3.05, 3.63) is 56.0 Å². The average Bonchev–Trinajstić information content (AvgIpc) is 2.66. The first kappa shape index (κ1) is 20.8. The second kappa shape index (κ2) is 8.72. The van der Waals surface area contributed by atoms with E-state index in [4.69, 9.17) is 37.4 Å². The summed E-state index contributed by atoms with van der Waals surface area (Å²) in [5, 5.41) is 1.15. The fourth-order valence-corrected chi connectivity index (χ4v) is 4.67. The van der Waals surface area contributed by atoms with Gasteiger partial charge in [-0.2, -0.15) is 0 Å². The van der Waals surface area contributed by atoms with E-state index >= 15 is 0 Å². The number of nitrogens with zero attached hydrogens (tertiary/aromatic N) is 1. The van der Waals surface area contributed by atoms with Gasteiger partial charge in [0.1, 0.15) is 24.7 Å². The molecule has 1 saturated heterocycles. The molecule has 2 aromatic carbocycles. The third-order valence-electron chi connectivity index (χ3n) is 5.40. The van der Waals surface area contributed by atoms with Gasteiger partial charge in [-0.15, -0.1) is 0 Å². The van der Waals surface area contributed by atoms with Crippen LogP contribution < -0.4 is 9.47 Å². The number of ether oxygens (including phenoxy) is 3. The Labute approximate surface area is 187 Å². The van der Waals surface area contributed by atoms with Crippen LogP contribution in [0.4, 0.5) is 0 Å². The normalized spacial score (nSPS) is 19.1. The van der Waals surface area contributed by atoms with Crippen molar-refractivity contribution in [1.29, 1.82) is 0 Å². The monoisotopic (exact) mass is 499 g/mol. The zero-order valence-corrected chi connectivity index (χ0v) is 18.9. The molecular formula is C21H20BrCl2NO4. The van der Waals surface area contributed by atoms with Gasteiger partial charge < -0.3 is 14.2 Å². The molecule has 2 heterocycles. The van der Waals surface area contributed by atoms with Crippen molar-refractivity contribution >= 4 is 45.1 Å². The molecule has 154 valence electrons. The number of fused-ring (bicyclic) bond motifs is 1. The van der Waals surface area contributed by atoms with Crippen LogP contribution in [0.3, 0.4) is 0 Å². The van der Waals surface area contributed by atoms with Crippen LogP contribution in [0.5, 0.6) is 11.5 Å². The minimum absolute atomic E-state index is 0.0273. The van der Waals surface area contributed by atoms with E-state index in [1.807, 2.05) is 12.1 Å². The van der Waals surface area contributed by atoms with Crippen LogP contribution >= 0.6 is 39.1 Å². The Hall–Kier alpha value is -1.47. The Morgan fingerprint density at radius 3 is 2.69 bits per heavy atom. The highest BCUT2D eigenvalue weighted by molar-refractivity contribution is 9.10. The second-order valence-corrected chi connectivity index (χ2v) is 8.89. The van der Waals surface area contributed by atoms with Crippen LogP contribution in [0.1, 0.15) is 11.1 Å². The van der Waals surface area contributed by atoms with Crippen LogP contribution in [0.2, 0.25) is 10.0 Å². The molecule has 0 saturated carbocycles. The third kappa shape index (κ3) is 4.36. The van der Waals surface area contributed by atoms with Gasteiger partial charge in [0.15, 0.2) is 0 Å². The number of carbonyl (C=O) groups is 1. The fraction of sp³-hybridized carbons (Fsp3) is 0.381. The lowest BCUT2D eigenvalue weighted by Crippen LogP contribution is -2.57. The van der Waals surface area contributed by atoms with Gasteiger partial charge in [0, 0.05) is 40.8 Å². The minimum Gasteiger partial charge on any atom is -0.492 e. The molecule has 0 spiro atoms. The summed E-state index contributed by atoms with van der Waals surface area (Å²) in [5.74, 6) is 1.32. The van der Waals surface area contributed by atoms with E-state index in [0.717, 1.165) is 40.9 Å². The molecule has 4 rings (SSSR count). The topological polar surface area (TPSA) is 48.0 Å². The summed E-state index contributed by atoms with van der Waals surface area (Å²) in [7, 11) is 1.43.